The van der Waals surface area contributed by atoms with E-state index in [1.54, 1.807) is 18.9 Å². The van der Waals surface area contributed by atoms with E-state index in [0.717, 1.165) is 11.1 Å². The van der Waals surface area contributed by atoms with E-state index in [-0.39, 0.29) is 11.3 Å². The molecule has 25 heavy (non-hydrogen) atoms. The van der Waals surface area contributed by atoms with Crippen molar-refractivity contribution in [3.8, 4) is 5.75 Å². The van der Waals surface area contributed by atoms with E-state index in [1.165, 1.54) is 12.1 Å². The van der Waals surface area contributed by atoms with Crippen LogP contribution in [0.15, 0.2) is 66.9 Å². The summed E-state index contributed by atoms with van der Waals surface area (Å²) in [6.45, 7) is 6.05. The van der Waals surface area contributed by atoms with Crippen molar-refractivity contribution in [1.29, 1.82) is 0 Å². The zero-order chi connectivity index (χ0) is 18.0. The predicted molar refractivity (Wildman–Crippen MR) is 96.8 cm³/mol. The number of rotatable bonds is 4. The molecule has 0 atom stereocenters. The first-order valence-corrected chi connectivity index (χ1v) is 8.05. The highest BCUT2D eigenvalue weighted by atomic mass is 19.1. The fraction of sp³-hybridized carbons (Fsp3) is 0.143. The molecule has 2 nitrogen and oxygen atoms in total. The first-order chi connectivity index (χ1) is 12.0. The van der Waals surface area contributed by atoms with Crippen LogP contribution in [0.2, 0.25) is 0 Å². The van der Waals surface area contributed by atoms with Crippen LogP contribution in [-0.2, 0) is 0 Å². The molecule has 4 heteroatoms. The third-order valence-electron chi connectivity index (χ3n) is 4.11. The maximum absolute atomic E-state index is 14.8. The Bertz CT molecular complexity index is 846. The van der Waals surface area contributed by atoms with Crippen molar-refractivity contribution in [3.63, 3.8) is 0 Å². The van der Waals surface area contributed by atoms with Gasteiger partial charge in [0, 0.05) is 30.5 Å². The van der Waals surface area contributed by atoms with Crippen LogP contribution in [0.3, 0.4) is 0 Å². The van der Waals surface area contributed by atoms with Crippen molar-refractivity contribution in [3.05, 3.63) is 89.7 Å². The Hall–Kier alpha value is -2.88. The van der Waals surface area contributed by atoms with E-state index in [2.05, 4.69) is 6.58 Å². The minimum absolute atomic E-state index is 0.0877. The number of hydrogen-bond donors (Lipinski definition) is 0. The molecular formula is C21H19F2NO. The van der Waals surface area contributed by atoms with Crippen LogP contribution in [0, 0.1) is 11.6 Å². The normalized spacial score (nSPS) is 14.2. The Balaban J connectivity index is 2.25. The van der Waals surface area contributed by atoms with Gasteiger partial charge in [-0.1, -0.05) is 43.0 Å². The number of allylic oxidation sites excluding steroid dienone is 3. The Morgan fingerprint density at radius 2 is 1.68 bits per heavy atom. The Morgan fingerprint density at radius 1 is 1.04 bits per heavy atom. The Labute approximate surface area is 146 Å². The smallest absolute Gasteiger partial charge is 0.139 e. The molecule has 1 heterocycles. The van der Waals surface area contributed by atoms with E-state index in [0.29, 0.717) is 18.0 Å². The molecule has 0 amide bonds. The quantitative estimate of drug-likeness (QED) is 0.754. The standard InChI is InChI=1S/C21H19F2NO/c1-4-25-16-12-18(22)20(19(23)13-16)21-17(11-10-14(2)24(21)3)15-8-6-5-7-9-15/h5-13H,2,4H2,1,3H3. The summed E-state index contributed by atoms with van der Waals surface area (Å²) < 4.78 is 34.8. The molecule has 2 aromatic rings. The van der Waals surface area contributed by atoms with Gasteiger partial charge in [0.1, 0.15) is 17.4 Å². The van der Waals surface area contributed by atoms with Gasteiger partial charge in [0.2, 0.25) is 0 Å². The van der Waals surface area contributed by atoms with Gasteiger partial charge in [-0.15, -0.1) is 0 Å². The first-order valence-electron chi connectivity index (χ1n) is 8.05. The molecule has 0 aliphatic carbocycles. The lowest BCUT2D eigenvalue weighted by atomic mass is 9.94. The van der Waals surface area contributed by atoms with Gasteiger partial charge in [-0.05, 0) is 18.6 Å². The number of hydrogen-bond acceptors (Lipinski definition) is 2. The molecule has 0 spiro atoms. The van der Waals surface area contributed by atoms with Crippen molar-refractivity contribution < 1.29 is 13.5 Å². The number of likely N-dealkylation sites (N-methyl/N-ethyl adjacent to an activating group) is 1. The molecule has 0 fully saturated rings. The molecule has 1 aliphatic rings. The molecule has 2 aromatic carbocycles. The molecular weight excluding hydrogens is 320 g/mol. The Morgan fingerprint density at radius 3 is 2.28 bits per heavy atom. The van der Waals surface area contributed by atoms with Crippen molar-refractivity contribution in [2.75, 3.05) is 13.7 Å². The summed E-state index contributed by atoms with van der Waals surface area (Å²) in [5.74, 6) is -1.15. The molecule has 3 rings (SSSR count). The van der Waals surface area contributed by atoms with Gasteiger partial charge >= 0.3 is 0 Å². The summed E-state index contributed by atoms with van der Waals surface area (Å²) in [7, 11) is 1.75. The molecule has 1 aliphatic heterocycles. The number of halogens is 2. The lowest BCUT2D eigenvalue weighted by Crippen LogP contribution is -2.20. The molecule has 0 saturated heterocycles. The highest BCUT2D eigenvalue weighted by molar-refractivity contribution is 5.97. The van der Waals surface area contributed by atoms with E-state index < -0.39 is 11.6 Å². The minimum Gasteiger partial charge on any atom is -0.494 e. The Kier molecular flexibility index (Phi) is 4.70. The second-order valence-electron chi connectivity index (χ2n) is 5.71. The lowest BCUT2D eigenvalue weighted by Gasteiger charge is -2.30. The number of benzene rings is 2. The summed E-state index contributed by atoms with van der Waals surface area (Å²) in [5, 5.41) is 0. The second-order valence-corrected chi connectivity index (χ2v) is 5.71. The molecule has 0 unspecified atom stereocenters. The van der Waals surface area contributed by atoms with Crippen molar-refractivity contribution in [1.82, 2.24) is 4.90 Å². The summed E-state index contributed by atoms with van der Waals surface area (Å²) >= 11 is 0. The van der Waals surface area contributed by atoms with Crippen molar-refractivity contribution in [2.45, 2.75) is 6.92 Å². The molecule has 0 radical (unpaired) electrons. The second kappa shape index (κ2) is 6.93. The zero-order valence-electron chi connectivity index (χ0n) is 14.2. The maximum atomic E-state index is 14.8. The minimum atomic E-state index is -0.665. The predicted octanol–water partition coefficient (Wildman–Crippen LogP) is 5.25. The molecule has 0 bridgehead atoms. The van der Waals surface area contributed by atoms with E-state index in [4.69, 9.17) is 4.74 Å². The topological polar surface area (TPSA) is 12.5 Å². The summed E-state index contributed by atoms with van der Waals surface area (Å²) in [6, 6.07) is 11.9. The zero-order valence-corrected chi connectivity index (χ0v) is 14.2. The highest BCUT2D eigenvalue weighted by Gasteiger charge is 2.25. The molecule has 0 aromatic heterocycles. The van der Waals surface area contributed by atoms with Gasteiger partial charge < -0.3 is 9.64 Å². The maximum Gasteiger partial charge on any atom is 0.139 e. The number of nitrogens with zero attached hydrogens (tertiary/aromatic N) is 1. The van der Waals surface area contributed by atoms with Gasteiger partial charge in [0.15, 0.2) is 0 Å². The monoisotopic (exact) mass is 339 g/mol. The van der Waals surface area contributed by atoms with Crippen LogP contribution in [0.25, 0.3) is 11.3 Å². The lowest BCUT2D eigenvalue weighted by molar-refractivity contribution is 0.335. The van der Waals surface area contributed by atoms with Gasteiger partial charge in [-0.3, -0.25) is 0 Å². The molecule has 0 saturated carbocycles. The van der Waals surface area contributed by atoms with Gasteiger partial charge in [-0.2, -0.15) is 0 Å². The van der Waals surface area contributed by atoms with Crippen LogP contribution >= 0.6 is 0 Å². The van der Waals surface area contributed by atoms with Gasteiger partial charge in [-0.25, -0.2) is 8.78 Å². The number of ether oxygens (including phenoxy) is 1. The summed E-state index contributed by atoms with van der Waals surface area (Å²) in [5.41, 5.74) is 2.62. The van der Waals surface area contributed by atoms with Crippen molar-refractivity contribution in [2.24, 2.45) is 0 Å². The molecule has 0 N–H and O–H groups in total. The van der Waals surface area contributed by atoms with Crippen LogP contribution < -0.4 is 4.74 Å². The fourth-order valence-electron chi connectivity index (χ4n) is 2.87. The van der Waals surface area contributed by atoms with Crippen molar-refractivity contribution >= 4 is 11.3 Å². The van der Waals surface area contributed by atoms with E-state index in [1.807, 2.05) is 42.5 Å². The summed E-state index contributed by atoms with van der Waals surface area (Å²) in [4.78, 5) is 1.70. The van der Waals surface area contributed by atoms with Crippen LogP contribution in [0.5, 0.6) is 5.75 Å². The molecule has 128 valence electrons. The van der Waals surface area contributed by atoms with Crippen LogP contribution in [-0.4, -0.2) is 18.6 Å². The van der Waals surface area contributed by atoms with Gasteiger partial charge in [0.25, 0.3) is 0 Å². The average molecular weight is 339 g/mol. The van der Waals surface area contributed by atoms with Crippen LogP contribution in [0.1, 0.15) is 18.1 Å². The van der Waals surface area contributed by atoms with E-state index in [9.17, 15) is 8.78 Å². The van der Waals surface area contributed by atoms with Gasteiger partial charge in [0.05, 0.1) is 17.9 Å². The first kappa shape index (κ1) is 17.0. The summed E-state index contributed by atoms with van der Waals surface area (Å²) in [6.07, 6.45) is 3.67. The fourth-order valence-corrected chi connectivity index (χ4v) is 2.87. The largest absolute Gasteiger partial charge is 0.494 e. The highest BCUT2D eigenvalue weighted by Crippen LogP contribution is 2.38. The van der Waals surface area contributed by atoms with Crippen LogP contribution in [0.4, 0.5) is 8.78 Å². The SMILES string of the molecule is C=C1C=CC(c2ccccc2)=C(c2c(F)cc(OCC)cc2F)N1C. The third kappa shape index (κ3) is 3.20. The third-order valence-corrected chi connectivity index (χ3v) is 4.11. The van der Waals surface area contributed by atoms with E-state index >= 15 is 0 Å². The average Bonchev–Trinajstić information content (AvgIpc) is 2.59.